The van der Waals surface area contributed by atoms with Crippen LogP contribution >= 0.6 is 0 Å². The average Bonchev–Trinajstić information content (AvgIpc) is 2.89. The van der Waals surface area contributed by atoms with Gasteiger partial charge in [0.2, 0.25) is 5.91 Å². The minimum absolute atomic E-state index is 0.107. The summed E-state index contributed by atoms with van der Waals surface area (Å²) in [6, 6.07) is 0.289. The number of carbonyl (C=O) groups excluding carboxylic acids is 2. The molecule has 2 bridgehead atoms. The largest absolute Gasteiger partial charge is 0.469 e. The number of nitrogens with zero attached hydrogens (tertiary/aromatic N) is 1. The lowest BCUT2D eigenvalue weighted by molar-refractivity contribution is -0.151. The van der Waals surface area contributed by atoms with Crippen LogP contribution in [0.3, 0.4) is 0 Å². The fraction of sp³-hybridized carbons (Fsp3) is 0.882. The molecule has 1 saturated heterocycles. The second-order valence-electron chi connectivity index (χ2n) is 7.76. The topological polar surface area (TPSA) is 72.6 Å². The van der Waals surface area contributed by atoms with E-state index in [4.69, 9.17) is 10.5 Å². The molecule has 3 atom stereocenters. The van der Waals surface area contributed by atoms with E-state index in [1.165, 1.54) is 26.4 Å². The van der Waals surface area contributed by atoms with Crippen molar-refractivity contribution in [1.82, 2.24) is 4.90 Å². The van der Waals surface area contributed by atoms with Gasteiger partial charge in [-0.3, -0.25) is 9.59 Å². The van der Waals surface area contributed by atoms with E-state index in [9.17, 15) is 9.59 Å². The van der Waals surface area contributed by atoms with E-state index in [2.05, 4.69) is 0 Å². The molecule has 0 aromatic heterocycles. The van der Waals surface area contributed by atoms with E-state index in [1.54, 1.807) is 0 Å². The molecule has 22 heavy (non-hydrogen) atoms. The maximum atomic E-state index is 12.9. The van der Waals surface area contributed by atoms with Crippen LogP contribution in [-0.2, 0) is 14.3 Å². The number of ether oxygens (including phenoxy) is 1. The van der Waals surface area contributed by atoms with Crippen LogP contribution in [0.5, 0.6) is 0 Å². The van der Waals surface area contributed by atoms with Crippen molar-refractivity contribution in [2.24, 2.45) is 28.9 Å². The van der Waals surface area contributed by atoms with Crippen molar-refractivity contribution in [3.05, 3.63) is 0 Å². The molecule has 5 heteroatoms. The second kappa shape index (κ2) is 5.84. The molecule has 1 amide bonds. The number of hydrogen-bond donors (Lipinski definition) is 1. The Morgan fingerprint density at radius 1 is 1.23 bits per heavy atom. The summed E-state index contributed by atoms with van der Waals surface area (Å²) >= 11 is 0. The monoisotopic (exact) mass is 308 g/mol. The zero-order valence-corrected chi connectivity index (χ0v) is 13.7. The number of nitrogens with two attached hydrogens (primary N) is 1. The number of likely N-dealkylation sites (tertiary alicyclic amines) is 1. The molecular weight excluding hydrogens is 280 g/mol. The first-order chi connectivity index (χ1) is 10.4. The van der Waals surface area contributed by atoms with Gasteiger partial charge < -0.3 is 15.4 Å². The van der Waals surface area contributed by atoms with Crippen LogP contribution in [0.1, 0.15) is 45.4 Å². The molecule has 0 aromatic rings. The smallest absolute Gasteiger partial charge is 0.313 e. The van der Waals surface area contributed by atoms with Crippen molar-refractivity contribution in [2.75, 3.05) is 20.2 Å². The van der Waals surface area contributed by atoms with Gasteiger partial charge in [-0.1, -0.05) is 6.42 Å². The first kappa shape index (κ1) is 15.8. The highest BCUT2D eigenvalue weighted by Crippen LogP contribution is 2.43. The fourth-order valence-corrected chi connectivity index (χ4v) is 4.81. The maximum absolute atomic E-state index is 12.9. The van der Waals surface area contributed by atoms with Gasteiger partial charge in [-0.05, 0) is 50.9 Å². The SMILES string of the molecule is COC(=O)C1(C)CCN(C(=O)C2CC3CCCC(C2)C3N)C1. The van der Waals surface area contributed by atoms with Crippen LogP contribution < -0.4 is 5.73 Å². The van der Waals surface area contributed by atoms with Gasteiger partial charge in [-0.15, -0.1) is 0 Å². The van der Waals surface area contributed by atoms with Crippen molar-refractivity contribution >= 4 is 11.9 Å². The van der Waals surface area contributed by atoms with Crippen molar-refractivity contribution in [3.63, 3.8) is 0 Å². The molecule has 124 valence electrons. The highest BCUT2D eigenvalue weighted by molar-refractivity contribution is 5.82. The summed E-state index contributed by atoms with van der Waals surface area (Å²) in [7, 11) is 1.42. The molecule has 3 fully saturated rings. The van der Waals surface area contributed by atoms with Crippen LogP contribution in [0.2, 0.25) is 0 Å². The number of esters is 1. The van der Waals surface area contributed by atoms with Crippen LogP contribution in [0, 0.1) is 23.2 Å². The summed E-state index contributed by atoms with van der Waals surface area (Å²) in [5, 5.41) is 0. The molecule has 1 heterocycles. The van der Waals surface area contributed by atoms with Gasteiger partial charge in [0.15, 0.2) is 0 Å². The third kappa shape index (κ3) is 2.64. The predicted octanol–water partition coefficient (Wildman–Crippen LogP) is 1.55. The number of hydrogen-bond acceptors (Lipinski definition) is 4. The summed E-state index contributed by atoms with van der Waals surface area (Å²) < 4.78 is 4.89. The number of carbonyl (C=O) groups is 2. The Morgan fingerprint density at radius 2 is 1.86 bits per heavy atom. The van der Waals surface area contributed by atoms with Gasteiger partial charge in [-0.25, -0.2) is 0 Å². The molecule has 2 aliphatic carbocycles. The molecular formula is C17H28N2O3. The van der Waals surface area contributed by atoms with Gasteiger partial charge in [0.25, 0.3) is 0 Å². The Labute approximate surface area is 132 Å². The first-order valence-corrected chi connectivity index (χ1v) is 8.57. The summed E-state index contributed by atoms with van der Waals surface area (Å²) in [6.07, 6.45) is 6.16. The summed E-state index contributed by atoms with van der Waals surface area (Å²) in [4.78, 5) is 26.7. The Morgan fingerprint density at radius 3 is 2.45 bits per heavy atom. The minimum Gasteiger partial charge on any atom is -0.469 e. The van der Waals surface area contributed by atoms with Crippen molar-refractivity contribution in [1.29, 1.82) is 0 Å². The standard InChI is InChI=1S/C17H28N2O3/c1-17(16(21)22-2)6-7-19(10-17)15(20)13-8-11-4-3-5-12(9-13)14(11)18/h11-14H,3-10,18H2,1-2H3. The van der Waals surface area contributed by atoms with E-state index in [-0.39, 0.29) is 23.8 Å². The normalized spacial score (nSPS) is 41.3. The number of rotatable bonds is 2. The van der Waals surface area contributed by atoms with Gasteiger partial charge in [0.1, 0.15) is 0 Å². The minimum atomic E-state index is -0.536. The molecule has 5 nitrogen and oxygen atoms in total. The van der Waals surface area contributed by atoms with Gasteiger partial charge >= 0.3 is 5.97 Å². The first-order valence-electron chi connectivity index (χ1n) is 8.57. The molecule has 1 aliphatic heterocycles. The van der Waals surface area contributed by atoms with E-state index < -0.39 is 5.41 Å². The third-order valence-corrected chi connectivity index (χ3v) is 6.23. The summed E-state index contributed by atoms with van der Waals surface area (Å²) in [5.74, 6) is 1.16. The van der Waals surface area contributed by atoms with E-state index in [0.29, 0.717) is 31.3 Å². The number of fused-ring (bicyclic) bond motifs is 2. The Bertz CT molecular complexity index is 453. The van der Waals surface area contributed by atoms with Crippen LogP contribution in [0.15, 0.2) is 0 Å². The number of amides is 1. The Hall–Kier alpha value is -1.10. The summed E-state index contributed by atoms with van der Waals surface area (Å²) in [6.45, 7) is 3.07. The molecule has 3 aliphatic rings. The summed E-state index contributed by atoms with van der Waals surface area (Å²) in [5.41, 5.74) is 5.78. The van der Waals surface area contributed by atoms with Crippen molar-refractivity contribution in [3.8, 4) is 0 Å². The van der Waals surface area contributed by atoms with Crippen molar-refractivity contribution < 1.29 is 14.3 Å². The molecule has 3 unspecified atom stereocenters. The molecule has 0 aromatic carbocycles. The Kier molecular flexibility index (Phi) is 4.19. The maximum Gasteiger partial charge on any atom is 0.313 e. The molecule has 0 spiro atoms. The molecule has 0 radical (unpaired) electrons. The molecule has 2 N–H and O–H groups in total. The lowest BCUT2D eigenvalue weighted by atomic mass is 9.65. The predicted molar refractivity (Wildman–Crippen MR) is 82.9 cm³/mol. The fourth-order valence-electron chi connectivity index (χ4n) is 4.81. The van der Waals surface area contributed by atoms with Crippen LogP contribution in [-0.4, -0.2) is 43.0 Å². The van der Waals surface area contributed by atoms with Crippen LogP contribution in [0.25, 0.3) is 0 Å². The van der Waals surface area contributed by atoms with E-state index in [1.807, 2.05) is 11.8 Å². The van der Waals surface area contributed by atoms with Crippen LogP contribution in [0.4, 0.5) is 0 Å². The number of methoxy groups -OCH3 is 1. The van der Waals surface area contributed by atoms with Gasteiger partial charge in [0, 0.05) is 25.0 Å². The quantitative estimate of drug-likeness (QED) is 0.786. The zero-order valence-electron chi connectivity index (χ0n) is 13.7. The van der Waals surface area contributed by atoms with Crippen molar-refractivity contribution in [2.45, 2.75) is 51.5 Å². The highest BCUT2D eigenvalue weighted by atomic mass is 16.5. The zero-order chi connectivity index (χ0) is 15.9. The highest BCUT2D eigenvalue weighted by Gasteiger charge is 2.46. The van der Waals surface area contributed by atoms with E-state index >= 15 is 0 Å². The second-order valence-corrected chi connectivity index (χ2v) is 7.76. The average molecular weight is 308 g/mol. The lowest BCUT2D eigenvalue weighted by Crippen LogP contribution is -2.49. The third-order valence-electron chi connectivity index (χ3n) is 6.23. The van der Waals surface area contributed by atoms with E-state index in [0.717, 1.165) is 12.8 Å². The van der Waals surface area contributed by atoms with Gasteiger partial charge in [-0.2, -0.15) is 0 Å². The van der Waals surface area contributed by atoms with Gasteiger partial charge in [0.05, 0.1) is 12.5 Å². The molecule has 3 rings (SSSR count). The Balaban J connectivity index is 1.64. The molecule has 2 saturated carbocycles. The lowest BCUT2D eigenvalue weighted by Gasteiger charge is -2.44.